The summed E-state index contributed by atoms with van der Waals surface area (Å²) >= 11 is 3.30. The van der Waals surface area contributed by atoms with Crippen molar-refractivity contribution in [3.05, 3.63) is 58.1 Å². The number of hydrogen-bond acceptors (Lipinski definition) is 4. The van der Waals surface area contributed by atoms with E-state index in [1.807, 2.05) is 24.3 Å². The predicted octanol–water partition coefficient (Wildman–Crippen LogP) is 3.42. The van der Waals surface area contributed by atoms with Gasteiger partial charge in [-0.15, -0.1) is 0 Å². The summed E-state index contributed by atoms with van der Waals surface area (Å²) in [5, 5.41) is 0. The van der Waals surface area contributed by atoms with E-state index in [9.17, 15) is 9.59 Å². The second-order valence-corrected chi connectivity index (χ2v) is 6.77. The average Bonchev–Trinajstić information content (AvgIpc) is 2.64. The Morgan fingerprint density at radius 3 is 2.38 bits per heavy atom. The van der Waals surface area contributed by atoms with Crippen molar-refractivity contribution >= 4 is 27.7 Å². The molecule has 7 heteroatoms. The van der Waals surface area contributed by atoms with Crippen molar-refractivity contribution in [2.24, 2.45) is 0 Å². The summed E-state index contributed by atoms with van der Waals surface area (Å²) < 4.78 is 11.3. The van der Waals surface area contributed by atoms with Crippen molar-refractivity contribution < 1.29 is 19.1 Å². The summed E-state index contributed by atoms with van der Waals surface area (Å²) in [6, 6.07) is 12.6. The topological polar surface area (TPSA) is 76.7 Å². The van der Waals surface area contributed by atoms with E-state index in [-0.39, 0.29) is 6.61 Å². The molecule has 26 heavy (non-hydrogen) atoms. The van der Waals surface area contributed by atoms with Gasteiger partial charge in [0.15, 0.2) is 6.61 Å². The molecule has 0 aliphatic rings. The van der Waals surface area contributed by atoms with Crippen LogP contribution in [0.1, 0.15) is 35.7 Å². The van der Waals surface area contributed by atoms with Crippen LogP contribution < -0.4 is 20.3 Å². The van der Waals surface area contributed by atoms with Gasteiger partial charge >= 0.3 is 0 Å². The number of halogens is 1. The Morgan fingerprint density at radius 1 is 1.08 bits per heavy atom. The van der Waals surface area contributed by atoms with Crippen LogP contribution in [0.2, 0.25) is 0 Å². The summed E-state index contributed by atoms with van der Waals surface area (Å²) in [6.07, 6.45) is 0. The zero-order valence-corrected chi connectivity index (χ0v) is 16.4. The second kappa shape index (κ2) is 9.24. The van der Waals surface area contributed by atoms with Gasteiger partial charge in [0.25, 0.3) is 11.8 Å². The molecular weight excluding hydrogens is 400 g/mol. The summed E-state index contributed by atoms with van der Waals surface area (Å²) in [5.74, 6) is 0.460. The van der Waals surface area contributed by atoms with E-state index in [1.165, 1.54) is 12.7 Å². The Balaban J connectivity index is 1.85. The highest BCUT2D eigenvalue weighted by atomic mass is 79.9. The fourth-order valence-corrected chi connectivity index (χ4v) is 2.55. The van der Waals surface area contributed by atoms with Crippen molar-refractivity contribution in [3.63, 3.8) is 0 Å². The van der Waals surface area contributed by atoms with Crippen molar-refractivity contribution in [3.8, 4) is 11.5 Å². The van der Waals surface area contributed by atoms with Gasteiger partial charge in [0.1, 0.15) is 11.5 Å². The molecule has 6 nitrogen and oxygen atoms in total. The van der Waals surface area contributed by atoms with Gasteiger partial charge in [-0.25, -0.2) is 0 Å². The number of ether oxygens (including phenoxy) is 2. The fourth-order valence-electron chi connectivity index (χ4n) is 2.19. The van der Waals surface area contributed by atoms with Crippen LogP contribution in [0.15, 0.2) is 46.9 Å². The lowest BCUT2D eigenvalue weighted by atomic mass is 10.0. The third-order valence-corrected chi connectivity index (χ3v) is 4.13. The number of nitrogens with one attached hydrogen (secondary N) is 2. The monoisotopic (exact) mass is 420 g/mol. The number of rotatable bonds is 6. The molecule has 2 rings (SSSR count). The lowest BCUT2D eigenvalue weighted by molar-refractivity contribution is -0.123. The van der Waals surface area contributed by atoms with Gasteiger partial charge in [-0.1, -0.05) is 41.9 Å². The lowest BCUT2D eigenvalue weighted by Gasteiger charge is -2.12. The highest BCUT2D eigenvalue weighted by Gasteiger charge is 2.14. The Morgan fingerprint density at radius 2 is 1.77 bits per heavy atom. The van der Waals surface area contributed by atoms with Gasteiger partial charge in [0, 0.05) is 4.47 Å². The molecule has 0 aromatic heterocycles. The van der Waals surface area contributed by atoms with Crippen LogP contribution in [0, 0.1) is 0 Å². The van der Waals surface area contributed by atoms with Crippen LogP contribution in [0.4, 0.5) is 0 Å². The molecule has 0 heterocycles. The molecule has 138 valence electrons. The number of hydrogen-bond donors (Lipinski definition) is 2. The summed E-state index contributed by atoms with van der Waals surface area (Å²) in [7, 11) is 1.47. The van der Waals surface area contributed by atoms with Crippen LogP contribution >= 0.6 is 15.9 Å². The first-order valence-corrected chi connectivity index (χ1v) is 8.85. The highest BCUT2D eigenvalue weighted by Crippen LogP contribution is 2.22. The number of benzene rings is 2. The Bertz CT molecular complexity index is 776. The summed E-state index contributed by atoms with van der Waals surface area (Å²) in [5.41, 5.74) is 6.15. The van der Waals surface area contributed by atoms with E-state index in [2.05, 4.69) is 40.6 Å². The van der Waals surface area contributed by atoms with Gasteiger partial charge in [0.05, 0.1) is 12.7 Å². The molecule has 0 atom stereocenters. The molecule has 0 spiro atoms. The third kappa shape index (κ3) is 5.49. The minimum Gasteiger partial charge on any atom is -0.496 e. The molecule has 2 N–H and O–H groups in total. The normalized spacial score (nSPS) is 10.3. The van der Waals surface area contributed by atoms with E-state index < -0.39 is 11.8 Å². The first-order chi connectivity index (χ1) is 12.4. The molecule has 0 aliphatic carbocycles. The summed E-state index contributed by atoms with van der Waals surface area (Å²) in [4.78, 5) is 24.0. The number of carbonyl (C=O) groups excluding carboxylic acids is 2. The van der Waals surface area contributed by atoms with E-state index >= 15 is 0 Å². The van der Waals surface area contributed by atoms with Gasteiger partial charge in [-0.2, -0.15) is 0 Å². The van der Waals surface area contributed by atoms with Crippen LogP contribution in [0.25, 0.3) is 0 Å². The minimum absolute atomic E-state index is 0.211. The lowest BCUT2D eigenvalue weighted by Crippen LogP contribution is -2.43. The smallest absolute Gasteiger partial charge is 0.276 e. The zero-order chi connectivity index (χ0) is 19.1. The van der Waals surface area contributed by atoms with Gasteiger partial charge < -0.3 is 9.47 Å². The minimum atomic E-state index is -0.488. The molecule has 0 saturated carbocycles. The van der Waals surface area contributed by atoms with Crippen molar-refractivity contribution in [2.45, 2.75) is 19.8 Å². The zero-order valence-electron chi connectivity index (χ0n) is 14.8. The molecule has 0 aliphatic heterocycles. The maximum absolute atomic E-state index is 12.2. The molecule has 2 aromatic carbocycles. The molecule has 0 bridgehead atoms. The van der Waals surface area contributed by atoms with Crippen LogP contribution in [-0.2, 0) is 4.79 Å². The van der Waals surface area contributed by atoms with Crippen LogP contribution in [-0.4, -0.2) is 25.5 Å². The van der Waals surface area contributed by atoms with Crippen LogP contribution in [0.5, 0.6) is 11.5 Å². The third-order valence-electron chi connectivity index (χ3n) is 3.64. The van der Waals surface area contributed by atoms with Crippen molar-refractivity contribution in [1.82, 2.24) is 10.9 Å². The molecular formula is C19H21BrN2O4. The molecule has 2 amide bonds. The Hall–Kier alpha value is -2.54. The summed E-state index contributed by atoms with van der Waals surface area (Å²) in [6.45, 7) is 4.00. The number of carbonyl (C=O) groups is 2. The largest absolute Gasteiger partial charge is 0.496 e. The predicted molar refractivity (Wildman–Crippen MR) is 102 cm³/mol. The highest BCUT2D eigenvalue weighted by molar-refractivity contribution is 9.10. The number of amides is 2. The van der Waals surface area contributed by atoms with E-state index in [0.717, 1.165) is 4.47 Å². The molecule has 2 aromatic rings. The number of hydrazine groups is 1. The molecule has 0 radical (unpaired) electrons. The van der Waals surface area contributed by atoms with E-state index in [0.29, 0.717) is 23.0 Å². The van der Waals surface area contributed by atoms with Crippen molar-refractivity contribution in [1.29, 1.82) is 0 Å². The first-order valence-electron chi connectivity index (χ1n) is 8.06. The maximum atomic E-state index is 12.2. The first kappa shape index (κ1) is 19.8. The van der Waals surface area contributed by atoms with Crippen molar-refractivity contribution in [2.75, 3.05) is 13.7 Å². The SMILES string of the molecule is COc1ccc(Br)cc1C(=O)NNC(=O)COc1ccc(C(C)C)cc1. The van der Waals surface area contributed by atoms with E-state index in [4.69, 9.17) is 9.47 Å². The maximum Gasteiger partial charge on any atom is 0.276 e. The van der Waals surface area contributed by atoms with Gasteiger partial charge in [0.2, 0.25) is 0 Å². The van der Waals surface area contributed by atoms with Gasteiger partial charge in [-0.3, -0.25) is 20.4 Å². The average molecular weight is 421 g/mol. The molecule has 0 fully saturated rings. The molecule has 0 unspecified atom stereocenters. The van der Waals surface area contributed by atoms with E-state index in [1.54, 1.807) is 18.2 Å². The second-order valence-electron chi connectivity index (χ2n) is 5.86. The van der Waals surface area contributed by atoms with Crippen LogP contribution in [0.3, 0.4) is 0 Å². The fraction of sp³-hybridized carbons (Fsp3) is 0.263. The standard InChI is InChI=1S/C19H21BrN2O4/c1-12(2)13-4-7-15(8-5-13)26-11-18(23)21-22-19(24)16-10-14(20)6-9-17(16)25-3/h4-10,12H,11H2,1-3H3,(H,21,23)(H,22,24). The molecule has 0 saturated heterocycles. The number of methoxy groups -OCH3 is 1. The Labute approximate surface area is 161 Å². The quantitative estimate of drug-likeness (QED) is 0.701. The Kier molecular flexibility index (Phi) is 7.03. The van der Waals surface area contributed by atoms with Gasteiger partial charge in [-0.05, 0) is 41.8 Å².